The largest absolute Gasteiger partial charge is 0.493 e. The van der Waals surface area contributed by atoms with Gasteiger partial charge in [-0.25, -0.2) is 9.98 Å². The second-order valence-corrected chi connectivity index (χ2v) is 6.18. The van der Waals surface area contributed by atoms with Crippen LogP contribution in [-0.2, 0) is 9.47 Å². The molecule has 0 radical (unpaired) electrons. The lowest BCUT2D eigenvalue weighted by Crippen LogP contribution is -2.34. The molecule has 3 rings (SSSR count). The smallest absolute Gasteiger partial charge is 0.221 e. The second kappa shape index (κ2) is 6.93. The van der Waals surface area contributed by atoms with Crippen molar-refractivity contribution in [3.05, 3.63) is 51.9 Å². The molecule has 8 heteroatoms. The summed E-state index contributed by atoms with van der Waals surface area (Å²) >= 11 is 17.2. The van der Waals surface area contributed by atoms with Gasteiger partial charge in [-0.3, -0.25) is 0 Å². The van der Waals surface area contributed by atoms with Crippen LogP contribution in [0.5, 0.6) is 0 Å². The van der Waals surface area contributed by atoms with Crippen LogP contribution in [0.3, 0.4) is 0 Å². The van der Waals surface area contributed by atoms with Crippen molar-refractivity contribution >= 4 is 57.8 Å². The van der Waals surface area contributed by atoms with E-state index in [1.165, 1.54) is 0 Å². The monoisotopic (exact) mass is 381 g/mol. The molecule has 1 heterocycles. The van der Waals surface area contributed by atoms with Crippen LogP contribution in [-0.4, -0.2) is 30.9 Å². The molecule has 1 unspecified atom stereocenters. The first-order valence-electron chi connectivity index (χ1n) is 6.97. The molecule has 24 heavy (non-hydrogen) atoms. The van der Waals surface area contributed by atoms with Gasteiger partial charge in [0.25, 0.3) is 0 Å². The van der Waals surface area contributed by atoms with Crippen LogP contribution >= 0.6 is 35.4 Å². The molecule has 124 valence electrons. The molecule has 1 aromatic carbocycles. The Morgan fingerprint density at radius 1 is 1.08 bits per heavy atom. The molecule has 0 spiro atoms. The molecule has 0 saturated heterocycles. The molecule has 1 aliphatic heterocycles. The maximum atomic E-state index is 6.06. The number of ether oxygens (including phenoxy) is 2. The number of rotatable bonds is 3. The van der Waals surface area contributed by atoms with E-state index < -0.39 is 0 Å². The number of nitrogens with zero attached hydrogens (tertiary/aromatic N) is 2. The summed E-state index contributed by atoms with van der Waals surface area (Å²) in [6.45, 7) is 0. The Balaban J connectivity index is 1.94. The van der Waals surface area contributed by atoms with Gasteiger partial charge in [-0.2, -0.15) is 0 Å². The van der Waals surface area contributed by atoms with Gasteiger partial charge >= 0.3 is 0 Å². The third kappa shape index (κ3) is 3.31. The first-order valence-corrected chi connectivity index (χ1v) is 8.13. The zero-order valence-electron chi connectivity index (χ0n) is 12.8. The third-order valence-electron chi connectivity index (χ3n) is 3.53. The van der Waals surface area contributed by atoms with Crippen molar-refractivity contribution in [3.63, 3.8) is 0 Å². The van der Waals surface area contributed by atoms with E-state index in [1.54, 1.807) is 32.4 Å². The summed E-state index contributed by atoms with van der Waals surface area (Å²) in [4.78, 5) is 8.65. The van der Waals surface area contributed by atoms with Gasteiger partial charge in [0.1, 0.15) is 5.84 Å². The van der Waals surface area contributed by atoms with Crippen LogP contribution in [0.2, 0.25) is 10.0 Å². The van der Waals surface area contributed by atoms with Gasteiger partial charge in [0.05, 0.1) is 35.9 Å². The van der Waals surface area contributed by atoms with Gasteiger partial charge in [-0.1, -0.05) is 23.2 Å². The number of allylic oxidation sites excluding steroid dienone is 1. The van der Waals surface area contributed by atoms with Crippen molar-refractivity contribution < 1.29 is 9.47 Å². The van der Waals surface area contributed by atoms with Crippen LogP contribution < -0.4 is 5.32 Å². The molecule has 1 N–H and O–H groups in total. The Kier molecular flexibility index (Phi) is 4.89. The number of amidine groups is 1. The highest BCUT2D eigenvalue weighted by Crippen LogP contribution is 2.29. The number of aliphatic imine (C=N–C) groups is 2. The average Bonchev–Trinajstić information content (AvgIpc) is 2.57. The Morgan fingerprint density at radius 2 is 1.83 bits per heavy atom. The van der Waals surface area contributed by atoms with Crippen LogP contribution in [0.1, 0.15) is 0 Å². The number of fused-ring (bicyclic) bond motifs is 1. The summed E-state index contributed by atoms with van der Waals surface area (Å²) in [6, 6.07) is 5.25. The van der Waals surface area contributed by atoms with Crippen LogP contribution in [0.4, 0.5) is 5.69 Å². The highest BCUT2D eigenvalue weighted by molar-refractivity contribution is 7.80. The molecule has 5 nitrogen and oxygen atoms in total. The predicted octanol–water partition coefficient (Wildman–Crippen LogP) is 4.23. The minimum absolute atomic E-state index is 0.222. The van der Waals surface area contributed by atoms with E-state index in [4.69, 9.17) is 44.9 Å². The molecule has 0 amide bonds. The van der Waals surface area contributed by atoms with E-state index >= 15 is 0 Å². The first-order chi connectivity index (χ1) is 11.5. The highest BCUT2D eigenvalue weighted by atomic mass is 35.5. The Labute approximate surface area is 154 Å². The molecule has 1 aromatic rings. The fourth-order valence-electron chi connectivity index (χ4n) is 2.40. The quantitative estimate of drug-likeness (QED) is 0.795. The summed E-state index contributed by atoms with van der Waals surface area (Å²) in [5.74, 6) is 1.60. The van der Waals surface area contributed by atoms with E-state index in [-0.39, 0.29) is 11.0 Å². The summed E-state index contributed by atoms with van der Waals surface area (Å²) in [5.41, 5.74) is 1.48. The average molecular weight is 382 g/mol. The first kappa shape index (κ1) is 17.0. The lowest BCUT2D eigenvalue weighted by atomic mass is 9.94. The van der Waals surface area contributed by atoms with E-state index in [1.807, 2.05) is 12.1 Å². The molecule has 0 bridgehead atoms. The minimum atomic E-state index is -0.222. The van der Waals surface area contributed by atoms with Gasteiger partial charge in [-0.15, -0.1) is 0 Å². The zero-order valence-corrected chi connectivity index (χ0v) is 15.2. The van der Waals surface area contributed by atoms with Crippen molar-refractivity contribution in [3.8, 4) is 0 Å². The standard InChI is InChI=1S/C16H13Cl2N3O2S/c1-22-13-6-9-12(7-14(13)23-2)20-16(24)21-15(9)19-8-3-4-10(17)11(18)5-8/h3-7,9H,1-2H3,(H,19,21,24). The van der Waals surface area contributed by atoms with E-state index in [0.717, 1.165) is 11.4 Å². The van der Waals surface area contributed by atoms with Crippen molar-refractivity contribution in [2.75, 3.05) is 19.5 Å². The maximum absolute atomic E-state index is 6.06. The van der Waals surface area contributed by atoms with Crippen LogP contribution in [0.15, 0.2) is 51.9 Å². The number of methoxy groups -OCH3 is 2. The Hall–Kier alpha value is -1.89. The summed E-state index contributed by atoms with van der Waals surface area (Å²) in [6.07, 6.45) is 3.67. The molecule has 1 aliphatic carbocycles. The van der Waals surface area contributed by atoms with Gasteiger partial charge in [0.2, 0.25) is 5.11 Å². The number of halogens is 2. The van der Waals surface area contributed by atoms with Gasteiger partial charge in [0.15, 0.2) is 11.5 Å². The van der Waals surface area contributed by atoms with Gasteiger partial charge in [-0.05, 0) is 36.5 Å². The van der Waals surface area contributed by atoms with Crippen molar-refractivity contribution in [1.29, 1.82) is 0 Å². The summed E-state index contributed by atoms with van der Waals surface area (Å²) in [7, 11) is 3.15. The Bertz CT molecular complexity index is 831. The number of thiocarbonyl (C=S) groups is 1. The molecule has 0 fully saturated rings. The zero-order chi connectivity index (χ0) is 17.3. The fourth-order valence-corrected chi connectivity index (χ4v) is 2.90. The number of hydrogen-bond donors (Lipinski definition) is 1. The maximum Gasteiger partial charge on any atom is 0.221 e. The molecular weight excluding hydrogens is 369 g/mol. The number of nitrogens with one attached hydrogen (secondary N) is 1. The normalized spacial score (nSPS) is 19.5. The molecule has 0 saturated carbocycles. The van der Waals surface area contributed by atoms with Crippen LogP contribution in [0.25, 0.3) is 0 Å². The Morgan fingerprint density at radius 3 is 2.50 bits per heavy atom. The van der Waals surface area contributed by atoms with E-state index in [0.29, 0.717) is 27.4 Å². The molecule has 1 atom stereocenters. The number of benzene rings is 1. The van der Waals surface area contributed by atoms with E-state index in [9.17, 15) is 0 Å². The minimum Gasteiger partial charge on any atom is -0.493 e. The van der Waals surface area contributed by atoms with Gasteiger partial charge in [0, 0.05) is 11.8 Å². The molecule has 0 aromatic heterocycles. The lowest BCUT2D eigenvalue weighted by molar-refractivity contribution is 0.218. The summed E-state index contributed by atoms with van der Waals surface area (Å²) < 4.78 is 10.7. The molecular formula is C16H13Cl2N3O2S. The lowest BCUT2D eigenvalue weighted by Gasteiger charge is -2.26. The topological polar surface area (TPSA) is 55.2 Å². The SMILES string of the molecule is COC1=CC2=NC(=S)N=C(Nc3ccc(Cl)c(Cl)c3)C2C=C1OC. The molecule has 2 aliphatic rings. The van der Waals surface area contributed by atoms with Crippen molar-refractivity contribution in [2.45, 2.75) is 0 Å². The highest BCUT2D eigenvalue weighted by Gasteiger charge is 2.30. The number of anilines is 1. The van der Waals surface area contributed by atoms with Crippen molar-refractivity contribution in [1.82, 2.24) is 0 Å². The van der Waals surface area contributed by atoms with Crippen LogP contribution in [0, 0.1) is 5.92 Å². The predicted molar refractivity (Wildman–Crippen MR) is 101 cm³/mol. The second-order valence-electron chi connectivity index (χ2n) is 5.00. The van der Waals surface area contributed by atoms with Crippen molar-refractivity contribution in [2.24, 2.45) is 15.9 Å². The summed E-state index contributed by atoms with van der Waals surface area (Å²) in [5, 5.41) is 4.40. The van der Waals surface area contributed by atoms with Gasteiger partial charge < -0.3 is 14.8 Å². The van der Waals surface area contributed by atoms with E-state index in [2.05, 4.69) is 15.3 Å². The fraction of sp³-hybridized carbons (Fsp3) is 0.188. The third-order valence-corrected chi connectivity index (χ3v) is 4.45. The number of hydrogen-bond acceptors (Lipinski definition) is 4.